The van der Waals surface area contributed by atoms with Gasteiger partial charge in [0.1, 0.15) is 6.61 Å². The Labute approximate surface area is 127 Å². The Morgan fingerprint density at radius 3 is 2.67 bits per heavy atom. The maximum Gasteiger partial charge on any atom is 0.302 e. The van der Waals surface area contributed by atoms with E-state index in [4.69, 9.17) is 4.74 Å². The van der Waals surface area contributed by atoms with Gasteiger partial charge in [-0.2, -0.15) is 0 Å². The summed E-state index contributed by atoms with van der Waals surface area (Å²) in [6.45, 7) is 6.59. The van der Waals surface area contributed by atoms with Crippen LogP contribution in [-0.4, -0.2) is 12.6 Å². The molecule has 0 bridgehead atoms. The quantitative estimate of drug-likeness (QED) is 0.612. The lowest BCUT2D eigenvalue weighted by Crippen LogP contribution is -2.30. The van der Waals surface area contributed by atoms with Crippen molar-refractivity contribution in [3.8, 4) is 0 Å². The maximum atomic E-state index is 11.2. The van der Waals surface area contributed by atoms with Gasteiger partial charge in [-0.05, 0) is 42.7 Å². The van der Waals surface area contributed by atoms with Crippen molar-refractivity contribution in [2.75, 3.05) is 6.61 Å². The highest BCUT2D eigenvalue weighted by Gasteiger charge is 2.51. The highest BCUT2D eigenvalue weighted by Crippen LogP contribution is 2.58. The van der Waals surface area contributed by atoms with Crippen molar-refractivity contribution in [3.63, 3.8) is 0 Å². The largest absolute Gasteiger partial charge is 0.461 e. The number of hydrogen-bond donors (Lipinski definition) is 0. The molecule has 2 aliphatic carbocycles. The van der Waals surface area contributed by atoms with Gasteiger partial charge in [0.25, 0.3) is 0 Å². The minimum absolute atomic E-state index is 0.0951. The summed E-state index contributed by atoms with van der Waals surface area (Å²) in [5.41, 5.74) is 4.29. The fourth-order valence-corrected chi connectivity index (χ4v) is 4.57. The third kappa shape index (κ3) is 2.21. The van der Waals surface area contributed by atoms with Crippen LogP contribution in [0.25, 0.3) is 0 Å². The maximum absolute atomic E-state index is 11.2. The average Bonchev–Trinajstić information content (AvgIpc) is 3.03. The molecule has 0 N–H and O–H groups in total. The van der Waals surface area contributed by atoms with Gasteiger partial charge in [-0.3, -0.25) is 4.79 Å². The molecule has 21 heavy (non-hydrogen) atoms. The first-order valence-corrected chi connectivity index (χ1v) is 7.94. The molecule has 2 heteroatoms. The molecule has 0 amide bonds. The molecule has 0 saturated heterocycles. The molecular formula is C19H24O2. The number of fused-ring (bicyclic) bond motifs is 1. The Morgan fingerprint density at radius 2 is 2.00 bits per heavy atom. The van der Waals surface area contributed by atoms with Crippen LogP contribution in [0.5, 0.6) is 0 Å². The smallest absolute Gasteiger partial charge is 0.302 e. The fraction of sp³-hybridized carbons (Fsp3) is 0.526. The summed E-state index contributed by atoms with van der Waals surface area (Å²) >= 11 is 0. The van der Waals surface area contributed by atoms with Crippen LogP contribution in [0.3, 0.4) is 0 Å². The monoisotopic (exact) mass is 284 g/mol. The van der Waals surface area contributed by atoms with Crippen LogP contribution >= 0.6 is 0 Å². The van der Waals surface area contributed by atoms with Crippen LogP contribution in [0.15, 0.2) is 41.5 Å². The number of rotatable bonds is 3. The fourth-order valence-electron chi connectivity index (χ4n) is 4.57. The lowest BCUT2D eigenvalue weighted by molar-refractivity contribution is -0.140. The Morgan fingerprint density at radius 1 is 1.29 bits per heavy atom. The molecule has 112 valence electrons. The minimum atomic E-state index is -0.182. The van der Waals surface area contributed by atoms with Crippen LogP contribution in [-0.2, 0) is 14.9 Å². The van der Waals surface area contributed by atoms with Crippen LogP contribution < -0.4 is 0 Å². The highest BCUT2D eigenvalue weighted by atomic mass is 16.5. The van der Waals surface area contributed by atoms with Crippen LogP contribution in [0.4, 0.5) is 0 Å². The topological polar surface area (TPSA) is 26.3 Å². The standard InChI is InChI=1S/C19H24O2/c1-13-17(12-21-14(2)20)16-10-7-11-18(16)19(13,3)15-8-5-4-6-9-15/h4-6,8-9,16,18H,7,10-12H2,1-3H3/t16-,18-,19-/m0/s1. The second-order valence-electron chi connectivity index (χ2n) is 6.64. The Kier molecular flexibility index (Phi) is 3.64. The first-order chi connectivity index (χ1) is 10.0. The lowest BCUT2D eigenvalue weighted by atomic mass is 9.69. The molecule has 0 heterocycles. The van der Waals surface area contributed by atoms with E-state index in [0.29, 0.717) is 18.4 Å². The predicted octanol–water partition coefficient (Wildman–Crippen LogP) is 4.25. The van der Waals surface area contributed by atoms with Crippen molar-refractivity contribution in [2.45, 2.75) is 45.4 Å². The first kappa shape index (κ1) is 14.4. The van der Waals surface area contributed by atoms with E-state index in [1.165, 1.54) is 42.9 Å². The molecule has 3 atom stereocenters. The summed E-state index contributed by atoms with van der Waals surface area (Å²) in [4.78, 5) is 11.2. The van der Waals surface area contributed by atoms with Gasteiger partial charge < -0.3 is 4.74 Å². The van der Waals surface area contributed by atoms with Crippen molar-refractivity contribution in [1.82, 2.24) is 0 Å². The summed E-state index contributed by atoms with van der Waals surface area (Å²) in [7, 11) is 0. The van der Waals surface area contributed by atoms with Gasteiger partial charge in [-0.25, -0.2) is 0 Å². The summed E-state index contributed by atoms with van der Waals surface area (Å²) in [6, 6.07) is 10.8. The van der Waals surface area contributed by atoms with Crippen molar-refractivity contribution < 1.29 is 9.53 Å². The van der Waals surface area contributed by atoms with E-state index < -0.39 is 0 Å². The van der Waals surface area contributed by atoms with E-state index in [-0.39, 0.29) is 11.4 Å². The zero-order valence-electron chi connectivity index (χ0n) is 13.2. The average molecular weight is 284 g/mol. The molecule has 3 rings (SSSR count). The van der Waals surface area contributed by atoms with Crippen LogP contribution in [0, 0.1) is 11.8 Å². The summed E-state index contributed by atoms with van der Waals surface area (Å²) < 4.78 is 5.34. The summed E-state index contributed by atoms with van der Waals surface area (Å²) in [5, 5.41) is 0. The summed E-state index contributed by atoms with van der Waals surface area (Å²) in [5.74, 6) is 1.07. The van der Waals surface area contributed by atoms with Crippen molar-refractivity contribution in [3.05, 3.63) is 47.0 Å². The zero-order chi connectivity index (χ0) is 15.0. The van der Waals surface area contributed by atoms with E-state index in [0.717, 1.165) is 0 Å². The lowest BCUT2D eigenvalue weighted by Gasteiger charge is -2.34. The van der Waals surface area contributed by atoms with Gasteiger partial charge >= 0.3 is 5.97 Å². The van der Waals surface area contributed by atoms with Crippen molar-refractivity contribution in [1.29, 1.82) is 0 Å². The van der Waals surface area contributed by atoms with Crippen LogP contribution in [0.1, 0.15) is 45.6 Å². The first-order valence-electron chi connectivity index (χ1n) is 7.94. The van der Waals surface area contributed by atoms with Crippen molar-refractivity contribution >= 4 is 5.97 Å². The number of allylic oxidation sites excluding steroid dienone is 1. The number of benzene rings is 1. The molecule has 0 unspecified atom stereocenters. The number of carbonyl (C=O) groups excluding carboxylic acids is 1. The minimum Gasteiger partial charge on any atom is -0.461 e. The molecule has 1 saturated carbocycles. The van der Waals surface area contributed by atoms with Gasteiger partial charge in [0, 0.05) is 12.3 Å². The number of esters is 1. The molecule has 1 fully saturated rings. The SMILES string of the molecule is CC(=O)OCC1=C(C)[C@@](C)(c2ccccc2)[C@H]2CCC[C@@H]12. The van der Waals surface area contributed by atoms with Gasteiger partial charge in [0.2, 0.25) is 0 Å². The third-order valence-corrected chi connectivity index (χ3v) is 5.77. The molecule has 2 aliphatic rings. The normalized spacial score (nSPS) is 31.4. The van der Waals surface area contributed by atoms with E-state index in [1.54, 1.807) is 0 Å². The Bertz CT molecular complexity index is 572. The second-order valence-corrected chi connectivity index (χ2v) is 6.64. The van der Waals surface area contributed by atoms with E-state index in [1.807, 2.05) is 0 Å². The van der Waals surface area contributed by atoms with Gasteiger partial charge in [0.05, 0.1) is 0 Å². The second kappa shape index (κ2) is 5.32. The Hall–Kier alpha value is -1.57. The van der Waals surface area contributed by atoms with Crippen molar-refractivity contribution in [2.24, 2.45) is 11.8 Å². The zero-order valence-corrected chi connectivity index (χ0v) is 13.2. The van der Waals surface area contributed by atoms with Gasteiger partial charge in [0.15, 0.2) is 0 Å². The molecule has 1 aromatic rings. The van der Waals surface area contributed by atoms with Gasteiger partial charge in [-0.1, -0.05) is 49.2 Å². The number of hydrogen-bond acceptors (Lipinski definition) is 2. The molecule has 0 aromatic heterocycles. The molecular weight excluding hydrogens is 260 g/mol. The summed E-state index contributed by atoms with van der Waals surface area (Å²) in [6.07, 6.45) is 3.80. The molecule has 0 aliphatic heterocycles. The number of ether oxygens (including phenoxy) is 1. The Balaban J connectivity index is 2.01. The molecule has 0 spiro atoms. The molecule has 1 aromatic carbocycles. The molecule has 0 radical (unpaired) electrons. The number of carbonyl (C=O) groups is 1. The third-order valence-electron chi connectivity index (χ3n) is 5.77. The molecule has 2 nitrogen and oxygen atoms in total. The van der Waals surface area contributed by atoms with E-state index in [9.17, 15) is 4.79 Å². The van der Waals surface area contributed by atoms with E-state index >= 15 is 0 Å². The van der Waals surface area contributed by atoms with Gasteiger partial charge in [-0.15, -0.1) is 0 Å². The highest BCUT2D eigenvalue weighted by molar-refractivity contribution is 5.66. The predicted molar refractivity (Wildman–Crippen MR) is 84.0 cm³/mol. The van der Waals surface area contributed by atoms with Crippen LogP contribution in [0.2, 0.25) is 0 Å². The van der Waals surface area contributed by atoms with E-state index in [2.05, 4.69) is 44.2 Å².